The van der Waals surface area contributed by atoms with E-state index in [0.717, 1.165) is 9.13 Å². The second kappa shape index (κ2) is 34.8. The van der Waals surface area contributed by atoms with Crippen molar-refractivity contribution in [1.29, 1.82) is 0 Å². The number of nitro benzene ring substituents is 2. The molecule has 0 radical (unpaired) electrons. The summed E-state index contributed by atoms with van der Waals surface area (Å²) in [5, 5.41) is 49.9. The number of aliphatic hydroxyl groups is 1. The number of aromatic nitrogens is 2. The summed E-state index contributed by atoms with van der Waals surface area (Å²) >= 11 is 68.6. The molecule has 8 aromatic carbocycles. The van der Waals surface area contributed by atoms with Gasteiger partial charge in [0.15, 0.2) is 0 Å². The van der Waals surface area contributed by atoms with Gasteiger partial charge < -0.3 is 54.5 Å². The van der Waals surface area contributed by atoms with E-state index in [0.29, 0.717) is 83.2 Å². The third kappa shape index (κ3) is 22.1. The van der Waals surface area contributed by atoms with Gasteiger partial charge in [-0.2, -0.15) is 13.2 Å². The summed E-state index contributed by atoms with van der Waals surface area (Å²) in [7, 11) is -1.57. The SMILES string of the molecule is CCO.FC(F)(F)c1nc2cc(-c3cccc(Cl)c3Cl)c(Cl)cc2[nH]1.Nc1cc(Cl)c(-c2cccc(Cl)c2Cl)cc1N.Nc1cc(Cl)c(I)cc1N.Nc1cc(Cl)c(I)cc1[N+](=O)[O-].Nc1cc(Cl)ccc1[N+](=O)[O-].OB(O)c1cccc(Cl)c1Cl. The van der Waals surface area contributed by atoms with E-state index in [9.17, 15) is 33.4 Å². The first-order valence-electron chi connectivity index (χ1n) is 23.0. The average molecular weight is 1630 g/mol. The van der Waals surface area contributed by atoms with E-state index < -0.39 is 29.0 Å². The number of aromatic amines is 1. The van der Waals surface area contributed by atoms with Crippen LogP contribution in [0, 0.1) is 27.4 Å². The molecule has 9 rings (SSSR count). The molecule has 34 heteroatoms. The number of anilines is 6. The highest BCUT2D eigenvalue weighted by molar-refractivity contribution is 14.1. The van der Waals surface area contributed by atoms with Crippen LogP contribution in [0.25, 0.3) is 33.3 Å². The van der Waals surface area contributed by atoms with Crippen molar-refractivity contribution >= 4 is 242 Å². The molecule has 0 atom stereocenters. The zero-order chi connectivity index (χ0) is 65.2. The Morgan fingerprint density at radius 2 is 0.930 bits per heavy atom. The fourth-order valence-electron chi connectivity index (χ4n) is 6.31. The molecule has 0 aliphatic heterocycles. The predicted molar refractivity (Wildman–Crippen MR) is 367 cm³/mol. The number of hydrogen-bond donors (Lipinski definition) is 10. The Hall–Kier alpha value is -4.79. The molecule has 86 heavy (non-hydrogen) atoms. The third-order valence-electron chi connectivity index (χ3n) is 10.3. The van der Waals surface area contributed by atoms with Crippen LogP contribution in [0.1, 0.15) is 12.7 Å². The van der Waals surface area contributed by atoms with E-state index in [4.69, 9.17) is 177 Å². The highest BCUT2D eigenvalue weighted by atomic mass is 127. The molecule has 0 fully saturated rings. The van der Waals surface area contributed by atoms with Crippen LogP contribution >= 0.6 is 173 Å². The number of aliphatic hydroxyl groups excluding tert-OH is 1. The Balaban J connectivity index is 0.000000274. The van der Waals surface area contributed by atoms with Crippen molar-refractivity contribution in [2.45, 2.75) is 13.1 Å². The second-order valence-electron chi connectivity index (χ2n) is 16.4. The first-order valence-corrected chi connectivity index (χ1v) is 29.4. The second-order valence-corrected chi connectivity index (χ2v) is 23.1. The summed E-state index contributed by atoms with van der Waals surface area (Å²) in [5.41, 5.74) is 38.0. The molecule has 16 N–H and O–H groups in total. The highest BCUT2D eigenvalue weighted by Gasteiger charge is 2.35. The Kier molecular flexibility index (Phi) is 30.6. The van der Waals surface area contributed by atoms with Gasteiger partial charge in [0.2, 0.25) is 5.82 Å². The average Bonchev–Trinajstić information content (AvgIpc) is 3.98. The lowest BCUT2D eigenvalue weighted by Gasteiger charge is -2.10. The minimum atomic E-state index is -4.56. The number of H-pyrrole nitrogens is 1. The van der Waals surface area contributed by atoms with E-state index in [1.165, 1.54) is 48.5 Å². The molecule has 0 unspecified atom stereocenters. The maximum Gasteiger partial charge on any atom is 0.490 e. The van der Waals surface area contributed by atoms with Crippen LogP contribution in [0.4, 0.5) is 58.7 Å². The molecule has 0 amide bonds. The highest BCUT2D eigenvalue weighted by Crippen LogP contribution is 2.41. The van der Waals surface area contributed by atoms with Gasteiger partial charge in [0.25, 0.3) is 11.4 Å². The smallest absolute Gasteiger partial charge is 0.423 e. The normalized spacial score (nSPS) is 10.4. The zero-order valence-electron chi connectivity index (χ0n) is 43.2. The molecular weight excluding hydrogens is 1590 g/mol. The molecule has 0 aliphatic rings. The van der Waals surface area contributed by atoms with Gasteiger partial charge in [-0.1, -0.05) is 164 Å². The minimum Gasteiger partial charge on any atom is -0.423 e. The number of rotatable bonds is 5. The van der Waals surface area contributed by atoms with Gasteiger partial charge in [0.05, 0.1) is 93.9 Å². The number of nitrogens with zero attached hydrogens (tertiary/aromatic N) is 3. The van der Waals surface area contributed by atoms with Crippen LogP contribution in [0.15, 0.2) is 121 Å². The van der Waals surface area contributed by atoms with E-state index in [1.807, 2.05) is 28.7 Å². The monoisotopic (exact) mass is 1620 g/mol. The molecule has 0 spiro atoms. The van der Waals surface area contributed by atoms with Gasteiger partial charge in [-0.15, -0.1) is 0 Å². The number of nitrogens with one attached hydrogen (secondary N) is 1. The standard InChI is InChI=1S/C14H6Cl3F3N2.C12H9Cl3N2.C6H5BCl2O2.C6H4ClIN2O2.C6H6ClIN2.C6H5ClN2O2.C2H6O/c15-8-3-1-2-6(12(8)17)7-4-10-11(5-9(7)16)22-13(21-10)14(18,19)20;13-8-3-1-2-6(12(8)15)7-4-10(16)11(17)5-9(7)14;8-5-3-1-2-4(6(5)9)7(10)11;7-3-1-5(9)6(10(11)12)2-4(3)8;7-3-1-5(9)6(10)2-4(3)8;7-4-1-2-6(9(10)11)5(8)3-4;1-2-3/h1-5H,(H,21,22);1-5H,16-17H2;1-3,10-11H;1-2H,9H2;1-2H,9-10H2;1-3H,8H2;3H,2H2,1H3. The quantitative estimate of drug-likeness (QED) is 0.0252. The Bertz CT molecular complexity index is 3840. The topological polar surface area (TPSA) is 332 Å². The number of fused-ring (bicyclic) bond motifs is 1. The summed E-state index contributed by atoms with van der Waals surface area (Å²) in [6.07, 6.45) is -4.56. The van der Waals surface area contributed by atoms with E-state index in [1.54, 1.807) is 73.7 Å². The first-order chi connectivity index (χ1) is 40.1. The summed E-state index contributed by atoms with van der Waals surface area (Å²) in [6, 6.07) is 31.3. The molecule has 1 heterocycles. The number of benzene rings is 8. The summed E-state index contributed by atoms with van der Waals surface area (Å²) < 4.78 is 39.6. The van der Waals surface area contributed by atoms with Crippen molar-refractivity contribution in [1.82, 2.24) is 9.97 Å². The fourth-order valence-corrected chi connectivity index (χ4v) is 9.52. The number of nitrogen functional groups attached to an aromatic ring is 6. The first kappa shape index (κ1) is 75.5. The number of nitrogens with two attached hydrogens (primary N) is 6. The number of nitro groups is 2. The lowest BCUT2D eigenvalue weighted by Crippen LogP contribution is -2.30. The molecule has 9 aromatic rings. The van der Waals surface area contributed by atoms with E-state index in [-0.39, 0.29) is 60.9 Å². The van der Waals surface area contributed by atoms with Gasteiger partial charge in [0, 0.05) is 58.6 Å². The van der Waals surface area contributed by atoms with Gasteiger partial charge >= 0.3 is 13.3 Å². The van der Waals surface area contributed by atoms with Crippen LogP contribution in [-0.2, 0) is 6.18 Å². The van der Waals surface area contributed by atoms with Crippen molar-refractivity contribution in [3.05, 3.63) is 210 Å². The molecule has 456 valence electrons. The van der Waals surface area contributed by atoms with Gasteiger partial charge in [-0.3, -0.25) is 20.2 Å². The van der Waals surface area contributed by atoms with Crippen molar-refractivity contribution in [2.75, 3.05) is 41.0 Å². The minimum absolute atomic E-state index is 0.0856. The van der Waals surface area contributed by atoms with Crippen molar-refractivity contribution in [3.8, 4) is 22.3 Å². The number of halogens is 16. The molecule has 0 bridgehead atoms. The van der Waals surface area contributed by atoms with Crippen LogP contribution in [0.2, 0.25) is 55.2 Å². The van der Waals surface area contributed by atoms with Crippen LogP contribution in [-0.4, -0.2) is 48.7 Å². The molecule has 0 saturated carbocycles. The van der Waals surface area contributed by atoms with E-state index in [2.05, 4.69) is 32.6 Å². The van der Waals surface area contributed by atoms with Gasteiger partial charge in [-0.05, 0) is 125 Å². The number of imidazole rings is 1. The Labute approximate surface area is 570 Å². The van der Waals surface area contributed by atoms with E-state index >= 15 is 0 Å². The molecule has 0 aliphatic carbocycles. The number of alkyl halides is 3. The van der Waals surface area contributed by atoms with Crippen LogP contribution in [0.3, 0.4) is 0 Å². The van der Waals surface area contributed by atoms with Crippen LogP contribution in [0.5, 0.6) is 0 Å². The maximum absolute atomic E-state index is 12.7. The lowest BCUT2D eigenvalue weighted by molar-refractivity contribution is -0.384. The molecule has 17 nitrogen and oxygen atoms in total. The Morgan fingerprint density at radius 3 is 1.38 bits per heavy atom. The molecular formula is C52H41BCl11F3I2N10O7. The summed E-state index contributed by atoms with van der Waals surface area (Å²) in [6.45, 7) is 1.93. The third-order valence-corrected chi connectivity index (χ3v) is 16.7. The lowest BCUT2D eigenvalue weighted by atomic mass is 9.80. The largest absolute Gasteiger partial charge is 0.490 e. The fraction of sp³-hybridized carbons (Fsp3) is 0.0577. The van der Waals surface area contributed by atoms with Gasteiger partial charge in [0.1, 0.15) is 11.4 Å². The number of hydrogen-bond acceptors (Lipinski definition) is 14. The van der Waals surface area contributed by atoms with Crippen molar-refractivity contribution < 1.29 is 38.2 Å². The predicted octanol–water partition coefficient (Wildman–Crippen LogP) is 17.7. The summed E-state index contributed by atoms with van der Waals surface area (Å²) in [5.74, 6) is -1.08. The van der Waals surface area contributed by atoms with Crippen molar-refractivity contribution in [3.63, 3.8) is 0 Å². The Morgan fingerprint density at radius 1 is 0.523 bits per heavy atom. The molecule has 1 aromatic heterocycles. The maximum atomic E-state index is 12.7. The van der Waals surface area contributed by atoms with Gasteiger partial charge in [-0.25, -0.2) is 4.98 Å². The molecule has 0 saturated heterocycles. The van der Waals surface area contributed by atoms with Crippen LogP contribution < -0.4 is 39.9 Å². The zero-order valence-corrected chi connectivity index (χ0v) is 55.8. The summed E-state index contributed by atoms with van der Waals surface area (Å²) in [4.78, 5) is 25.2. The van der Waals surface area contributed by atoms with Crippen molar-refractivity contribution in [2.24, 2.45) is 0 Å².